The molecule has 0 N–H and O–H groups in total. The molecule has 0 atom stereocenters. The van der Waals surface area contributed by atoms with Crippen LogP contribution in [0.25, 0.3) is 0 Å². The van der Waals surface area contributed by atoms with Gasteiger partial charge in [0.05, 0.1) is 16.7 Å². The van der Waals surface area contributed by atoms with Crippen LogP contribution in [0.3, 0.4) is 0 Å². The van der Waals surface area contributed by atoms with E-state index in [1.165, 1.54) is 0 Å². The van der Waals surface area contributed by atoms with Gasteiger partial charge in [0.1, 0.15) is 17.2 Å². The third kappa shape index (κ3) is 9.67. The van der Waals surface area contributed by atoms with Crippen LogP contribution in [-0.2, 0) is 35.5 Å². The summed E-state index contributed by atoms with van der Waals surface area (Å²) in [5.74, 6) is -48.4. The third-order valence-electron chi connectivity index (χ3n) is 7.85. The van der Waals surface area contributed by atoms with Gasteiger partial charge in [-0.2, -0.15) is 132 Å². The van der Waals surface area contributed by atoms with Crippen LogP contribution in [-0.4, -0.2) is 44.4 Å². The summed E-state index contributed by atoms with van der Waals surface area (Å²) in [5.41, 5.74) is -19.0. The summed E-state index contributed by atoms with van der Waals surface area (Å²) >= 11 is 0. The zero-order valence-electron chi connectivity index (χ0n) is 28.8. The lowest BCUT2D eigenvalue weighted by molar-refractivity contribution is -0.292. The van der Waals surface area contributed by atoms with Crippen LogP contribution in [0.1, 0.15) is 33.4 Å². The lowest BCUT2D eigenvalue weighted by Gasteiger charge is -2.29. The molecule has 0 aliphatic rings. The summed E-state index contributed by atoms with van der Waals surface area (Å²) in [6.45, 7) is 0. The Kier molecular flexibility index (Phi) is 13.2. The Bertz CT molecular complexity index is 1920. The zero-order valence-corrected chi connectivity index (χ0v) is 28.8. The van der Waals surface area contributed by atoms with Gasteiger partial charge in [-0.1, -0.05) is 0 Å². The van der Waals surface area contributed by atoms with Gasteiger partial charge in [-0.15, -0.1) is 0 Å². The molecule has 0 bridgehead atoms. The van der Waals surface area contributed by atoms with Crippen LogP contribution in [0.2, 0.25) is 0 Å². The van der Waals surface area contributed by atoms with Crippen LogP contribution < -0.4 is 14.0 Å². The number of rotatable bonds is 12. The first-order valence-electron chi connectivity index (χ1n) is 15.2. The Labute approximate surface area is 331 Å². The fourth-order valence-corrected chi connectivity index (χ4v) is 4.55. The lowest BCUT2D eigenvalue weighted by atomic mass is 9.97. The smallest absolute Gasteiger partial charge is 0.489 e. The Morgan fingerprint density at radius 1 is 0.250 bits per heavy atom. The van der Waals surface area contributed by atoms with Gasteiger partial charge in [0.15, 0.2) is 0 Å². The van der Waals surface area contributed by atoms with Crippen LogP contribution in [0, 0.1) is 0 Å². The quantitative estimate of drug-likeness (QED) is 0.134. The number of benzene rings is 3. The number of halogens is 30. The van der Waals surface area contributed by atoms with E-state index in [0.717, 1.165) is 0 Å². The van der Waals surface area contributed by atoms with E-state index in [1.54, 1.807) is 0 Å². The standard InChI is InChI=1S/C30H9BF30O3/c32-19(33,25(44,45)46)10-1-4-16(13(7-10)22(38,39)28(53,54)55)62-31(63-17-5-2-11(20(34,35)26(47,48)49)8-14(17)23(40,41)29(56,57)58)64-18-6-3-12(21(36,37)27(50,51)52)9-15(18)24(42,43)30(59,60)61/h1-9H. The Hall–Kier alpha value is -4.98. The van der Waals surface area contributed by atoms with E-state index in [9.17, 15) is 132 Å². The predicted octanol–water partition coefficient (Wildman–Crippen LogP) is 14.1. The van der Waals surface area contributed by atoms with Crippen molar-refractivity contribution < 1.29 is 146 Å². The maximum absolute atomic E-state index is 14.7. The van der Waals surface area contributed by atoms with E-state index >= 15 is 0 Å². The molecule has 0 saturated carbocycles. The molecule has 0 unspecified atom stereocenters. The van der Waals surface area contributed by atoms with Gasteiger partial charge in [0.2, 0.25) is 0 Å². The highest BCUT2D eigenvalue weighted by Crippen LogP contribution is 2.55. The molecule has 34 heteroatoms. The minimum absolute atomic E-state index is 0.829. The van der Waals surface area contributed by atoms with Gasteiger partial charge >= 0.3 is 79.9 Å². The number of hydrogen-bond donors (Lipinski definition) is 0. The number of alkyl halides is 30. The molecule has 0 spiro atoms. The normalized spacial score (nSPS) is 14.7. The topological polar surface area (TPSA) is 27.7 Å². The van der Waals surface area contributed by atoms with E-state index in [-0.39, 0.29) is 0 Å². The van der Waals surface area contributed by atoms with Crippen LogP contribution in [0.15, 0.2) is 54.6 Å². The summed E-state index contributed by atoms with van der Waals surface area (Å²) < 4.78 is 424. The molecule has 0 aliphatic carbocycles. The first-order chi connectivity index (χ1) is 28.1. The fraction of sp³-hybridized carbons (Fsp3) is 0.400. The van der Waals surface area contributed by atoms with Crippen molar-refractivity contribution in [1.82, 2.24) is 0 Å². The summed E-state index contributed by atoms with van der Waals surface area (Å²) in [4.78, 5) is 0. The zero-order chi connectivity index (χ0) is 50.3. The SMILES string of the molecule is FC(F)(F)C(F)(F)c1ccc(OB(Oc2ccc(C(F)(F)C(F)(F)F)cc2C(F)(F)C(F)(F)F)Oc2ccc(C(F)(F)C(F)(F)F)cc2C(F)(F)C(F)(F)F)c(C(F)(F)C(F)(F)F)c1. The molecular weight excluding hydrogens is 989 g/mol. The average molecular weight is 998 g/mol. The maximum atomic E-state index is 14.7. The molecule has 0 fully saturated rings. The van der Waals surface area contributed by atoms with Gasteiger partial charge in [-0.3, -0.25) is 0 Å². The Morgan fingerprint density at radius 3 is 0.578 bits per heavy atom. The third-order valence-corrected chi connectivity index (χ3v) is 7.85. The van der Waals surface area contributed by atoms with Crippen molar-refractivity contribution in [2.24, 2.45) is 0 Å². The molecular formula is C30H9BF30O3. The highest BCUT2D eigenvalue weighted by molar-refractivity contribution is 6.39. The van der Waals surface area contributed by atoms with Crippen molar-refractivity contribution >= 4 is 7.32 Å². The van der Waals surface area contributed by atoms with Crippen LogP contribution in [0.5, 0.6) is 17.2 Å². The molecule has 3 nitrogen and oxygen atoms in total. The van der Waals surface area contributed by atoms with Crippen LogP contribution in [0.4, 0.5) is 132 Å². The largest absolute Gasteiger partial charge is 0.864 e. The summed E-state index contributed by atoms with van der Waals surface area (Å²) in [6, 6.07) is -9.52. The molecule has 3 rings (SSSR count). The second-order valence-electron chi connectivity index (χ2n) is 12.2. The first kappa shape index (κ1) is 53.4. The van der Waals surface area contributed by atoms with Gasteiger partial charge in [-0.05, 0) is 54.6 Å². The monoisotopic (exact) mass is 998 g/mol. The van der Waals surface area contributed by atoms with E-state index in [0.29, 0.717) is 0 Å². The molecule has 0 amide bonds. The van der Waals surface area contributed by atoms with Gasteiger partial charge in [0.25, 0.3) is 0 Å². The molecule has 0 radical (unpaired) electrons. The van der Waals surface area contributed by atoms with Crippen molar-refractivity contribution in [1.29, 1.82) is 0 Å². The minimum Gasteiger partial charge on any atom is -0.489 e. The molecule has 0 aliphatic heterocycles. The second-order valence-corrected chi connectivity index (χ2v) is 12.2. The highest BCUT2D eigenvalue weighted by Gasteiger charge is 2.66. The maximum Gasteiger partial charge on any atom is 0.864 e. The predicted molar refractivity (Wildman–Crippen MR) is 147 cm³/mol. The lowest BCUT2D eigenvalue weighted by Crippen LogP contribution is -2.42. The van der Waals surface area contributed by atoms with Crippen molar-refractivity contribution in [3.05, 3.63) is 88.0 Å². The molecule has 0 heterocycles. The molecule has 64 heavy (non-hydrogen) atoms. The van der Waals surface area contributed by atoms with Crippen molar-refractivity contribution in [2.45, 2.75) is 72.6 Å². The van der Waals surface area contributed by atoms with Crippen molar-refractivity contribution in [3.63, 3.8) is 0 Å². The summed E-state index contributed by atoms with van der Waals surface area (Å²) in [7, 11) is -4.45. The fourth-order valence-electron chi connectivity index (χ4n) is 4.55. The Morgan fingerprint density at radius 2 is 0.422 bits per heavy atom. The van der Waals surface area contributed by atoms with Gasteiger partial charge < -0.3 is 14.0 Å². The van der Waals surface area contributed by atoms with E-state index in [4.69, 9.17) is 0 Å². The van der Waals surface area contributed by atoms with Crippen LogP contribution >= 0.6 is 0 Å². The minimum atomic E-state index is -7.22. The molecule has 0 saturated heterocycles. The molecule has 0 aromatic heterocycles. The summed E-state index contributed by atoms with van der Waals surface area (Å²) in [6.07, 6.45) is -42.4. The molecule has 3 aromatic carbocycles. The van der Waals surface area contributed by atoms with Gasteiger partial charge in [-0.25, -0.2) is 0 Å². The average Bonchev–Trinajstić information content (AvgIpc) is 3.08. The van der Waals surface area contributed by atoms with Crippen molar-refractivity contribution in [2.75, 3.05) is 0 Å². The van der Waals surface area contributed by atoms with E-state index in [2.05, 4.69) is 14.0 Å². The summed E-state index contributed by atoms with van der Waals surface area (Å²) in [5, 5.41) is 0. The van der Waals surface area contributed by atoms with Gasteiger partial charge in [0, 0.05) is 16.7 Å². The van der Waals surface area contributed by atoms with Crippen molar-refractivity contribution in [3.8, 4) is 17.2 Å². The highest BCUT2D eigenvalue weighted by atomic mass is 19.5. The van der Waals surface area contributed by atoms with E-state index in [1.807, 2.05) is 0 Å². The number of hydrogen-bond acceptors (Lipinski definition) is 3. The molecule has 3 aromatic rings. The Balaban J connectivity index is 2.55. The van der Waals surface area contributed by atoms with E-state index < -0.39 is 185 Å². The first-order valence-corrected chi connectivity index (χ1v) is 15.2. The second kappa shape index (κ2) is 15.9. The molecule has 360 valence electrons.